The first kappa shape index (κ1) is 24.8. The highest BCUT2D eigenvalue weighted by molar-refractivity contribution is 7.17. The van der Waals surface area contributed by atoms with Crippen LogP contribution < -0.4 is 15.1 Å². The summed E-state index contributed by atoms with van der Waals surface area (Å²) in [6.07, 6.45) is 3.02. The zero-order valence-electron chi connectivity index (χ0n) is 20.7. The molecule has 1 aliphatic heterocycles. The molecule has 0 bridgehead atoms. The molecule has 1 aliphatic rings. The lowest BCUT2D eigenvalue weighted by molar-refractivity contribution is 0.0969. The van der Waals surface area contributed by atoms with E-state index in [1.54, 1.807) is 25.1 Å². The van der Waals surface area contributed by atoms with Crippen LogP contribution >= 0.6 is 11.3 Å². The monoisotopic (exact) mass is 520 g/mol. The molecule has 4 aromatic rings. The largest absolute Gasteiger partial charge is 0.494 e. The van der Waals surface area contributed by atoms with Crippen LogP contribution in [0.2, 0.25) is 0 Å². The van der Waals surface area contributed by atoms with Gasteiger partial charge in [0.15, 0.2) is 16.3 Å². The second-order valence-corrected chi connectivity index (χ2v) is 9.96. The molecule has 2 aromatic heterocycles. The van der Waals surface area contributed by atoms with Gasteiger partial charge in [0, 0.05) is 6.92 Å². The summed E-state index contributed by atoms with van der Waals surface area (Å²) < 4.78 is 25.8. The number of rotatable bonds is 8. The van der Waals surface area contributed by atoms with E-state index < -0.39 is 23.2 Å². The Bertz CT molecular complexity index is 1590. The Labute approximate surface area is 216 Å². The van der Waals surface area contributed by atoms with Crippen molar-refractivity contribution in [3.63, 3.8) is 0 Å². The van der Waals surface area contributed by atoms with Crippen molar-refractivity contribution < 1.29 is 23.1 Å². The number of ether oxygens (including phenoxy) is 1. The number of ketones is 1. The molecule has 5 rings (SSSR count). The fourth-order valence-corrected chi connectivity index (χ4v) is 5.58. The van der Waals surface area contributed by atoms with Gasteiger partial charge in [-0.25, -0.2) is 9.37 Å². The summed E-state index contributed by atoms with van der Waals surface area (Å²) in [5.41, 5.74) is 0.830. The normalized spacial score (nSPS) is 14.9. The SMILES string of the molecule is CCCCCOc1cccc(C2c3c(oc4ccc(F)cc4c3=O)C(=O)N2c2nc(C)c(C(C)=O)s2)c1. The number of aryl methyl sites for hydroxylation is 1. The minimum atomic E-state index is -0.893. The molecule has 0 aliphatic carbocycles. The van der Waals surface area contributed by atoms with E-state index in [1.165, 1.54) is 24.0 Å². The second-order valence-electron chi connectivity index (χ2n) is 8.99. The quantitative estimate of drug-likeness (QED) is 0.202. The van der Waals surface area contributed by atoms with Gasteiger partial charge in [-0.15, -0.1) is 0 Å². The van der Waals surface area contributed by atoms with E-state index >= 15 is 0 Å². The topological polar surface area (TPSA) is 89.7 Å². The van der Waals surface area contributed by atoms with Crippen LogP contribution in [0, 0.1) is 12.7 Å². The number of nitrogens with zero attached hydrogens (tertiary/aromatic N) is 2. The molecule has 1 unspecified atom stereocenters. The maximum atomic E-state index is 14.0. The molecule has 1 amide bonds. The van der Waals surface area contributed by atoms with E-state index in [4.69, 9.17) is 9.15 Å². The van der Waals surface area contributed by atoms with Gasteiger partial charge in [-0.3, -0.25) is 19.3 Å². The van der Waals surface area contributed by atoms with Crippen LogP contribution in [0.1, 0.15) is 76.2 Å². The van der Waals surface area contributed by atoms with Gasteiger partial charge >= 0.3 is 0 Å². The second kappa shape index (κ2) is 9.89. The number of Topliss-reactive ketones (excluding diaryl/α,β-unsaturated/α-hetero) is 1. The maximum Gasteiger partial charge on any atom is 0.297 e. The highest BCUT2D eigenvalue weighted by Gasteiger charge is 2.45. The molecule has 7 nitrogen and oxygen atoms in total. The highest BCUT2D eigenvalue weighted by atomic mass is 32.1. The number of carbonyl (C=O) groups is 2. The Morgan fingerprint density at radius 2 is 2.00 bits per heavy atom. The molecule has 0 N–H and O–H groups in total. The average molecular weight is 521 g/mol. The molecule has 0 fully saturated rings. The first-order valence-corrected chi connectivity index (χ1v) is 12.9. The van der Waals surface area contributed by atoms with Crippen molar-refractivity contribution in [1.82, 2.24) is 4.98 Å². The Kier molecular flexibility index (Phi) is 6.64. The third-order valence-electron chi connectivity index (χ3n) is 6.33. The minimum Gasteiger partial charge on any atom is -0.494 e. The number of amides is 1. The molecular weight excluding hydrogens is 495 g/mol. The molecule has 3 heterocycles. The number of fused-ring (bicyclic) bond motifs is 2. The zero-order valence-corrected chi connectivity index (χ0v) is 21.5. The molecule has 1 atom stereocenters. The van der Waals surface area contributed by atoms with Crippen LogP contribution in [0.4, 0.5) is 9.52 Å². The Morgan fingerprint density at radius 3 is 2.73 bits per heavy atom. The zero-order chi connectivity index (χ0) is 26.3. The van der Waals surface area contributed by atoms with Crippen molar-refractivity contribution >= 4 is 39.1 Å². The van der Waals surface area contributed by atoms with Gasteiger partial charge in [0.1, 0.15) is 17.1 Å². The number of hydrogen-bond acceptors (Lipinski definition) is 7. The van der Waals surface area contributed by atoms with Crippen molar-refractivity contribution in [3.8, 4) is 5.75 Å². The summed E-state index contributed by atoms with van der Waals surface area (Å²) in [6.45, 7) is 5.79. The van der Waals surface area contributed by atoms with Gasteiger partial charge in [0.25, 0.3) is 5.91 Å². The van der Waals surface area contributed by atoms with Gasteiger partial charge in [-0.2, -0.15) is 0 Å². The van der Waals surface area contributed by atoms with E-state index in [9.17, 15) is 18.8 Å². The van der Waals surface area contributed by atoms with Gasteiger partial charge in [-0.05, 0) is 49.2 Å². The molecule has 190 valence electrons. The van der Waals surface area contributed by atoms with Crippen molar-refractivity contribution in [2.45, 2.75) is 46.1 Å². The highest BCUT2D eigenvalue weighted by Crippen LogP contribution is 2.43. The maximum absolute atomic E-state index is 14.0. The van der Waals surface area contributed by atoms with Crippen molar-refractivity contribution in [2.24, 2.45) is 0 Å². The standard InChI is InChI=1S/C28H25FN2O5S/c1-4-5-6-12-35-19-9-7-8-17(13-19)23-22-24(33)20-14-18(29)10-11-21(20)36-25(22)27(34)31(23)28-30-15(2)26(37-28)16(3)32/h7-11,13-14,23H,4-6,12H2,1-3H3. The van der Waals surface area contributed by atoms with Crippen LogP contribution in [0.25, 0.3) is 11.0 Å². The van der Waals surface area contributed by atoms with Crippen LogP contribution in [0.5, 0.6) is 5.75 Å². The number of hydrogen-bond donors (Lipinski definition) is 0. The Balaban J connectivity index is 1.69. The van der Waals surface area contributed by atoms with Crippen LogP contribution in [0.15, 0.2) is 51.7 Å². The van der Waals surface area contributed by atoms with E-state index in [0.29, 0.717) is 28.5 Å². The van der Waals surface area contributed by atoms with Crippen LogP contribution in [-0.4, -0.2) is 23.3 Å². The predicted octanol–water partition coefficient (Wildman–Crippen LogP) is 6.22. The molecular formula is C28H25FN2O5S. The van der Waals surface area contributed by atoms with E-state index in [1.807, 2.05) is 6.07 Å². The molecule has 0 spiro atoms. The van der Waals surface area contributed by atoms with Crippen molar-refractivity contribution in [2.75, 3.05) is 11.5 Å². The number of anilines is 1. The predicted molar refractivity (Wildman–Crippen MR) is 139 cm³/mol. The minimum absolute atomic E-state index is 0.0464. The molecule has 2 aromatic carbocycles. The first-order chi connectivity index (χ1) is 17.8. The Hall–Kier alpha value is -3.85. The van der Waals surface area contributed by atoms with Crippen molar-refractivity contribution in [1.29, 1.82) is 0 Å². The number of thiazole rings is 1. The summed E-state index contributed by atoms with van der Waals surface area (Å²) in [7, 11) is 0. The molecule has 37 heavy (non-hydrogen) atoms. The summed E-state index contributed by atoms with van der Waals surface area (Å²) >= 11 is 1.08. The lowest BCUT2D eigenvalue weighted by atomic mass is 9.98. The lowest BCUT2D eigenvalue weighted by Crippen LogP contribution is -2.29. The van der Waals surface area contributed by atoms with Gasteiger partial charge in [-0.1, -0.05) is 43.2 Å². The van der Waals surface area contributed by atoms with E-state index in [-0.39, 0.29) is 33.2 Å². The molecule has 9 heteroatoms. The Morgan fingerprint density at radius 1 is 1.19 bits per heavy atom. The number of carbonyl (C=O) groups excluding carboxylic acids is 2. The van der Waals surface area contributed by atoms with Gasteiger partial charge < -0.3 is 9.15 Å². The van der Waals surface area contributed by atoms with Crippen LogP contribution in [0.3, 0.4) is 0 Å². The first-order valence-electron chi connectivity index (χ1n) is 12.1. The van der Waals surface area contributed by atoms with E-state index in [2.05, 4.69) is 11.9 Å². The summed E-state index contributed by atoms with van der Waals surface area (Å²) in [5, 5.41) is 0.318. The third kappa shape index (κ3) is 4.44. The average Bonchev–Trinajstić information content (AvgIpc) is 3.40. The molecule has 0 saturated carbocycles. The summed E-state index contributed by atoms with van der Waals surface area (Å²) in [5.74, 6) is -0.825. The smallest absolute Gasteiger partial charge is 0.297 e. The van der Waals surface area contributed by atoms with Crippen LogP contribution in [-0.2, 0) is 0 Å². The summed E-state index contributed by atoms with van der Waals surface area (Å²) in [6, 6.07) is 9.92. The van der Waals surface area contributed by atoms with Gasteiger partial charge in [0.05, 0.1) is 34.2 Å². The number of halogens is 1. The molecule has 0 saturated heterocycles. The number of aromatic nitrogens is 1. The molecule has 0 radical (unpaired) electrons. The van der Waals surface area contributed by atoms with E-state index in [0.717, 1.165) is 36.7 Å². The fraction of sp³-hybridized carbons (Fsp3) is 0.286. The van der Waals surface area contributed by atoms with Gasteiger partial charge in [0.2, 0.25) is 5.76 Å². The van der Waals surface area contributed by atoms with Crippen molar-refractivity contribution in [3.05, 3.63) is 86.0 Å². The number of benzene rings is 2. The fourth-order valence-electron chi connectivity index (χ4n) is 4.59. The number of unbranched alkanes of at least 4 members (excludes halogenated alkanes) is 2. The third-order valence-corrected chi connectivity index (χ3v) is 7.59. The summed E-state index contributed by atoms with van der Waals surface area (Å²) in [4.78, 5) is 45.8. The lowest BCUT2D eigenvalue weighted by Gasteiger charge is -2.23.